The molecule has 0 atom stereocenters. The molecule has 72 valence electrons. The summed E-state index contributed by atoms with van der Waals surface area (Å²) >= 11 is 2.28. The van der Waals surface area contributed by atoms with Crippen LogP contribution in [0.15, 0.2) is 24.5 Å². The van der Waals surface area contributed by atoms with Gasteiger partial charge < -0.3 is 4.90 Å². The fraction of sp³-hybridized carbons (Fsp3) is 0.200. The third-order valence-electron chi connectivity index (χ3n) is 2.00. The molecule has 0 amide bonds. The van der Waals surface area contributed by atoms with Crippen LogP contribution in [0.2, 0.25) is 0 Å². The Balaban J connectivity index is 2.82. The van der Waals surface area contributed by atoms with E-state index in [1.165, 1.54) is 0 Å². The van der Waals surface area contributed by atoms with Gasteiger partial charge >= 0.3 is 0 Å². The smallest absolute Gasteiger partial charge is 0.154 e. The Bertz CT molecular complexity index is 468. The zero-order valence-corrected chi connectivity index (χ0v) is 10.2. The van der Waals surface area contributed by atoms with Crippen molar-refractivity contribution >= 4 is 39.3 Å². The van der Waals surface area contributed by atoms with Gasteiger partial charge in [0.25, 0.3) is 0 Å². The summed E-state index contributed by atoms with van der Waals surface area (Å²) in [6.07, 6.45) is 3.67. The number of rotatable bonds is 1. The van der Waals surface area contributed by atoms with E-state index < -0.39 is 0 Å². The number of halogens is 1. The molecule has 3 nitrogen and oxygen atoms in total. The second-order valence-electron chi connectivity index (χ2n) is 3.22. The van der Waals surface area contributed by atoms with Crippen LogP contribution in [-0.2, 0) is 0 Å². The van der Waals surface area contributed by atoms with Crippen LogP contribution >= 0.6 is 22.6 Å². The second-order valence-corrected chi connectivity index (χ2v) is 4.39. The number of anilines is 1. The van der Waals surface area contributed by atoms with Crippen molar-refractivity contribution in [3.63, 3.8) is 0 Å². The van der Waals surface area contributed by atoms with Crippen molar-refractivity contribution in [1.29, 1.82) is 0 Å². The molecule has 0 fully saturated rings. The standard InChI is InChI=1S/C10H10IN3/c1-14(2)10-9-7(4-3-5-12-9)8(11)6-13-10/h3-6H,1-2H3. The molecule has 0 unspecified atom stereocenters. The minimum Gasteiger partial charge on any atom is -0.361 e. The Morgan fingerprint density at radius 3 is 2.79 bits per heavy atom. The maximum Gasteiger partial charge on any atom is 0.154 e. The third kappa shape index (κ3) is 1.54. The minimum absolute atomic E-state index is 0.918. The first-order chi connectivity index (χ1) is 6.70. The average molecular weight is 299 g/mol. The molecule has 14 heavy (non-hydrogen) atoms. The Kier molecular flexibility index (Phi) is 2.54. The fourth-order valence-electron chi connectivity index (χ4n) is 1.35. The van der Waals surface area contributed by atoms with Gasteiger partial charge in [0.05, 0.1) is 0 Å². The largest absolute Gasteiger partial charge is 0.361 e. The lowest BCUT2D eigenvalue weighted by Gasteiger charge is -2.13. The maximum absolute atomic E-state index is 4.36. The van der Waals surface area contributed by atoms with Crippen molar-refractivity contribution in [3.05, 3.63) is 28.1 Å². The quantitative estimate of drug-likeness (QED) is 0.757. The predicted molar refractivity (Wildman–Crippen MR) is 66.6 cm³/mol. The van der Waals surface area contributed by atoms with Gasteiger partial charge in [-0.05, 0) is 28.7 Å². The van der Waals surface area contributed by atoms with Crippen molar-refractivity contribution in [2.24, 2.45) is 0 Å². The van der Waals surface area contributed by atoms with Crippen molar-refractivity contribution in [2.45, 2.75) is 0 Å². The lowest BCUT2D eigenvalue weighted by Crippen LogP contribution is -2.11. The molecular weight excluding hydrogens is 289 g/mol. The van der Waals surface area contributed by atoms with Gasteiger partial charge in [0.1, 0.15) is 5.52 Å². The second kappa shape index (κ2) is 3.68. The van der Waals surface area contributed by atoms with Gasteiger partial charge in [-0.15, -0.1) is 0 Å². The molecule has 0 spiro atoms. The Hall–Kier alpha value is -0.910. The van der Waals surface area contributed by atoms with Crippen LogP contribution in [0, 0.1) is 3.57 Å². The van der Waals surface area contributed by atoms with E-state index >= 15 is 0 Å². The molecule has 0 N–H and O–H groups in total. The maximum atomic E-state index is 4.36. The van der Waals surface area contributed by atoms with Crippen molar-refractivity contribution in [3.8, 4) is 0 Å². The molecule has 2 rings (SSSR count). The minimum atomic E-state index is 0.918. The van der Waals surface area contributed by atoms with Crippen molar-refractivity contribution in [2.75, 3.05) is 19.0 Å². The Morgan fingerprint density at radius 2 is 2.07 bits per heavy atom. The van der Waals surface area contributed by atoms with Crippen molar-refractivity contribution < 1.29 is 0 Å². The highest BCUT2D eigenvalue weighted by molar-refractivity contribution is 14.1. The lowest BCUT2D eigenvalue weighted by molar-refractivity contribution is 1.07. The van der Waals surface area contributed by atoms with Crippen LogP contribution < -0.4 is 4.90 Å². The predicted octanol–water partition coefficient (Wildman–Crippen LogP) is 2.30. The fourth-order valence-corrected chi connectivity index (χ4v) is 1.93. The van der Waals surface area contributed by atoms with Crippen LogP contribution in [0.1, 0.15) is 0 Å². The van der Waals surface area contributed by atoms with E-state index in [0.717, 1.165) is 20.3 Å². The summed E-state index contributed by atoms with van der Waals surface area (Å²) in [4.78, 5) is 10.7. The number of nitrogens with zero attached hydrogens (tertiary/aromatic N) is 3. The van der Waals surface area contributed by atoms with E-state index in [0.29, 0.717) is 0 Å². The zero-order valence-electron chi connectivity index (χ0n) is 8.03. The first-order valence-electron chi connectivity index (χ1n) is 4.26. The molecule has 0 radical (unpaired) electrons. The van der Waals surface area contributed by atoms with Gasteiger partial charge in [-0.25, -0.2) is 4.98 Å². The summed E-state index contributed by atoms with van der Waals surface area (Å²) in [5.41, 5.74) is 0.962. The molecule has 0 aromatic carbocycles. The lowest BCUT2D eigenvalue weighted by atomic mass is 10.2. The average Bonchev–Trinajstić information content (AvgIpc) is 2.18. The first-order valence-corrected chi connectivity index (χ1v) is 5.34. The highest BCUT2D eigenvalue weighted by atomic mass is 127. The highest BCUT2D eigenvalue weighted by Crippen LogP contribution is 2.24. The van der Waals surface area contributed by atoms with Crippen LogP contribution in [-0.4, -0.2) is 24.1 Å². The van der Waals surface area contributed by atoms with Crippen LogP contribution in [0.25, 0.3) is 10.9 Å². The highest BCUT2D eigenvalue weighted by Gasteiger charge is 2.07. The summed E-state index contributed by atoms with van der Waals surface area (Å²) < 4.78 is 1.14. The summed E-state index contributed by atoms with van der Waals surface area (Å²) in [6, 6.07) is 4.02. The third-order valence-corrected chi connectivity index (χ3v) is 2.86. The van der Waals surface area contributed by atoms with E-state index in [1.807, 2.05) is 31.3 Å². The number of hydrogen-bond acceptors (Lipinski definition) is 3. The Labute approximate surface area is 96.3 Å². The van der Waals surface area contributed by atoms with Gasteiger partial charge in [-0.1, -0.05) is 6.07 Å². The van der Waals surface area contributed by atoms with Gasteiger partial charge in [-0.3, -0.25) is 4.98 Å². The normalized spacial score (nSPS) is 10.5. The van der Waals surface area contributed by atoms with Crippen LogP contribution in [0.4, 0.5) is 5.82 Å². The van der Waals surface area contributed by atoms with Gasteiger partial charge in [-0.2, -0.15) is 0 Å². The topological polar surface area (TPSA) is 29.0 Å². The summed E-state index contributed by atoms with van der Waals surface area (Å²) in [5, 5.41) is 1.16. The van der Waals surface area contributed by atoms with E-state index in [-0.39, 0.29) is 0 Å². The molecule has 0 saturated heterocycles. The van der Waals surface area contributed by atoms with E-state index in [9.17, 15) is 0 Å². The molecule has 4 heteroatoms. The summed E-state index contributed by atoms with van der Waals surface area (Å²) in [5.74, 6) is 0.918. The number of fused-ring (bicyclic) bond motifs is 1. The van der Waals surface area contributed by atoms with Gasteiger partial charge in [0.2, 0.25) is 0 Å². The SMILES string of the molecule is CN(C)c1ncc(I)c2cccnc12. The number of pyridine rings is 2. The monoisotopic (exact) mass is 299 g/mol. The van der Waals surface area contributed by atoms with E-state index in [2.05, 4.69) is 38.6 Å². The van der Waals surface area contributed by atoms with E-state index in [4.69, 9.17) is 0 Å². The molecule has 0 aliphatic rings. The van der Waals surface area contributed by atoms with E-state index in [1.54, 1.807) is 6.20 Å². The van der Waals surface area contributed by atoms with Crippen LogP contribution in [0.3, 0.4) is 0 Å². The molecule has 0 saturated carbocycles. The molecule has 0 bridgehead atoms. The van der Waals surface area contributed by atoms with Crippen LogP contribution in [0.5, 0.6) is 0 Å². The molecule has 2 aromatic rings. The summed E-state index contributed by atoms with van der Waals surface area (Å²) in [7, 11) is 3.95. The molecule has 0 aliphatic carbocycles. The molecule has 2 aromatic heterocycles. The summed E-state index contributed by atoms with van der Waals surface area (Å²) in [6.45, 7) is 0. The first kappa shape index (κ1) is 9.64. The number of hydrogen-bond donors (Lipinski definition) is 0. The van der Waals surface area contributed by atoms with Gasteiger partial charge in [0, 0.05) is 35.4 Å². The van der Waals surface area contributed by atoms with Crippen molar-refractivity contribution in [1.82, 2.24) is 9.97 Å². The molecule has 2 heterocycles. The molecule has 0 aliphatic heterocycles. The Morgan fingerprint density at radius 1 is 1.29 bits per heavy atom. The zero-order chi connectivity index (χ0) is 10.1. The van der Waals surface area contributed by atoms with Gasteiger partial charge in [0.15, 0.2) is 5.82 Å². The number of aromatic nitrogens is 2. The molecular formula is C10H10IN3.